The third-order valence-electron chi connectivity index (χ3n) is 4.30. The molecule has 1 fully saturated rings. The van der Waals surface area contributed by atoms with Gasteiger partial charge in [0.2, 0.25) is 0 Å². The van der Waals surface area contributed by atoms with E-state index in [9.17, 15) is 0 Å². The second kappa shape index (κ2) is 6.89. The highest BCUT2D eigenvalue weighted by atomic mass is 15.2. The first-order valence-electron chi connectivity index (χ1n) is 8.05. The normalized spacial score (nSPS) is 20.0. The smallest absolute Gasteiger partial charge is 0.122 e. The van der Waals surface area contributed by atoms with Gasteiger partial charge in [0.15, 0.2) is 0 Å². The van der Waals surface area contributed by atoms with Crippen molar-refractivity contribution in [3.8, 4) is 0 Å². The Morgan fingerprint density at radius 2 is 2.33 bits per heavy atom. The van der Waals surface area contributed by atoms with Crippen LogP contribution in [0.3, 0.4) is 0 Å². The highest BCUT2D eigenvalue weighted by molar-refractivity contribution is 5.00. The summed E-state index contributed by atoms with van der Waals surface area (Å²) in [7, 11) is 0. The van der Waals surface area contributed by atoms with Crippen LogP contribution in [0.1, 0.15) is 37.7 Å². The van der Waals surface area contributed by atoms with Crippen molar-refractivity contribution in [3.63, 3.8) is 0 Å². The third kappa shape index (κ3) is 3.73. The van der Waals surface area contributed by atoms with E-state index in [1.54, 1.807) is 0 Å². The number of imidazole rings is 1. The number of nitrogens with zero attached hydrogens (tertiary/aromatic N) is 4. The molecular formula is C16H25N5. The zero-order chi connectivity index (χ0) is 14.5. The van der Waals surface area contributed by atoms with E-state index in [-0.39, 0.29) is 0 Å². The van der Waals surface area contributed by atoms with E-state index < -0.39 is 0 Å². The Hall–Kier alpha value is -1.62. The minimum atomic E-state index is 0.730. The number of hydrogen-bond acceptors (Lipinski definition) is 3. The van der Waals surface area contributed by atoms with Crippen LogP contribution in [-0.2, 0) is 19.5 Å². The molecule has 1 aliphatic heterocycles. The molecule has 0 aliphatic carbocycles. The molecule has 1 atom stereocenters. The number of hydrogen-bond donors (Lipinski definition) is 1. The van der Waals surface area contributed by atoms with Crippen LogP contribution in [0.25, 0.3) is 0 Å². The first kappa shape index (κ1) is 14.3. The molecule has 0 saturated carbocycles. The summed E-state index contributed by atoms with van der Waals surface area (Å²) in [6.45, 7) is 6.62. The fourth-order valence-corrected chi connectivity index (χ4v) is 3.31. The number of aromatic nitrogens is 4. The van der Waals surface area contributed by atoms with Crippen LogP contribution < -0.4 is 0 Å². The molecule has 5 nitrogen and oxygen atoms in total. The maximum absolute atomic E-state index is 4.53. The Kier molecular flexibility index (Phi) is 4.70. The summed E-state index contributed by atoms with van der Waals surface area (Å²) >= 11 is 0. The molecule has 2 aromatic rings. The second-order valence-corrected chi connectivity index (χ2v) is 6.07. The van der Waals surface area contributed by atoms with Crippen LogP contribution in [0.5, 0.6) is 0 Å². The van der Waals surface area contributed by atoms with Crippen molar-refractivity contribution < 1.29 is 0 Å². The average Bonchev–Trinajstić information content (AvgIpc) is 3.13. The van der Waals surface area contributed by atoms with Gasteiger partial charge < -0.3 is 4.57 Å². The topological polar surface area (TPSA) is 49.7 Å². The Morgan fingerprint density at radius 1 is 1.38 bits per heavy atom. The Morgan fingerprint density at radius 3 is 3.14 bits per heavy atom. The van der Waals surface area contributed by atoms with Crippen molar-refractivity contribution in [2.24, 2.45) is 5.92 Å². The molecule has 21 heavy (non-hydrogen) atoms. The van der Waals surface area contributed by atoms with Gasteiger partial charge in [0.1, 0.15) is 5.82 Å². The Labute approximate surface area is 126 Å². The number of H-pyrrole nitrogens is 1. The molecule has 1 aliphatic rings. The zero-order valence-electron chi connectivity index (χ0n) is 12.8. The maximum atomic E-state index is 4.53. The number of aromatic amines is 1. The summed E-state index contributed by atoms with van der Waals surface area (Å²) < 4.78 is 2.29. The lowest BCUT2D eigenvalue weighted by molar-refractivity contribution is 0.161. The molecule has 3 heterocycles. The number of piperidine rings is 1. The van der Waals surface area contributed by atoms with Crippen molar-refractivity contribution in [2.45, 2.75) is 45.7 Å². The van der Waals surface area contributed by atoms with Gasteiger partial charge in [-0.25, -0.2) is 4.98 Å². The summed E-state index contributed by atoms with van der Waals surface area (Å²) in [5.41, 5.74) is 1.26. The molecule has 2 aromatic heterocycles. The van der Waals surface area contributed by atoms with Crippen LogP contribution >= 0.6 is 0 Å². The van der Waals surface area contributed by atoms with Crippen molar-refractivity contribution in [1.82, 2.24) is 24.6 Å². The molecule has 0 spiro atoms. The summed E-state index contributed by atoms with van der Waals surface area (Å²) in [6, 6.07) is 2.09. The lowest BCUT2D eigenvalue weighted by Gasteiger charge is -2.32. The zero-order valence-corrected chi connectivity index (χ0v) is 12.8. The largest absolute Gasteiger partial charge is 0.334 e. The highest BCUT2D eigenvalue weighted by Gasteiger charge is 2.21. The van der Waals surface area contributed by atoms with E-state index in [0.717, 1.165) is 38.4 Å². The highest BCUT2D eigenvalue weighted by Crippen LogP contribution is 2.21. The lowest BCUT2D eigenvalue weighted by atomic mass is 9.93. The molecule has 1 N–H and O–H groups in total. The van der Waals surface area contributed by atoms with E-state index in [1.807, 2.05) is 12.4 Å². The predicted octanol–water partition coefficient (Wildman–Crippen LogP) is 2.47. The molecule has 0 bridgehead atoms. The summed E-state index contributed by atoms with van der Waals surface area (Å²) in [6.07, 6.45) is 10.7. The summed E-state index contributed by atoms with van der Waals surface area (Å²) in [4.78, 5) is 7.09. The van der Waals surface area contributed by atoms with Crippen LogP contribution in [0.4, 0.5) is 0 Å². The van der Waals surface area contributed by atoms with Crippen molar-refractivity contribution >= 4 is 0 Å². The molecule has 3 rings (SSSR count). The average molecular weight is 287 g/mol. The number of likely N-dealkylation sites (tertiary alicyclic amines) is 1. The van der Waals surface area contributed by atoms with E-state index >= 15 is 0 Å². The quantitative estimate of drug-likeness (QED) is 0.888. The number of aryl methyl sites for hydroxylation is 1. The third-order valence-corrected chi connectivity index (χ3v) is 4.30. The Balaban J connectivity index is 1.57. The monoisotopic (exact) mass is 287 g/mol. The first-order valence-corrected chi connectivity index (χ1v) is 8.05. The van der Waals surface area contributed by atoms with E-state index in [2.05, 4.69) is 43.8 Å². The number of rotatable bonds is 6. The maximum Gasteiger partial charge on any atom is 0.122 e. The standard InChI is InChI=1S/C16H25N5/c1-2-8-21-10-7-17-16(21)13-20-9-3-4-14(12-20)11-15-5-6-18-19-15/h5-7,10,14H,2-4,8-9,11-13H2,1H3,(H,18,19)/t14-/m1/s1. The molecule has 0 radical (unpaired) electrons. The number of nitrogens with one attached hydrogen (secondary N) is 1. The van der Waals surface area contributed by atoms with Gasteiger partial charge >= 0.3 is 0 Å². The van der Waals surface area contributed by atoms with Gasteiger partial charge in [-0.3, -0.25) is 10.00 Å². The minimum absolute atomic E-state index is 0.730. The molecule has 0 unspecified atom stereocenters. The van der Waals surface area contributed by atoms with Gasteiger partial charge in [-0.2, -0.15) is 5.10 Å². The predicted molar refractivity (Wildman–Crippen MR) is 82.8 cm³/mol. The fraction of sp³-hybridized carbons (Fsp3) is 0.625. The minimum Gasteiger partial charge on any atom is -0.334 e. The molecule has 0 aromatic carbocycles. The second-order valence-electron chi connectivity index (χ2n) is 6.07. The van der Waals surface area contributed by atoms with Crippen molar-refractivity contribution in [2.75, 3.05) is 13.1 Å². The van der Waals surface area contributed by atoms with Gasteiger partial charge in [-0.1, -0.05) is 6.92 Å². The lowest BCUT2D eigenvalue weighted by Crippen LogP contribution is -2.36. The van der Waals surface area contributed by atoms with E-state index in [4.69, 9.17) is 0 Å². The van der Waals surface area contributed by atoms with E-state index in [0.29, 0.717) is 0 Å². The van der Waals surface area contributed by atoms with Gasteiger partial charge in [-0.15, -0.1) is 0 Å². The van der Waals surface area contributed by atoms with Gasteiger partial charge in [0.25, 0.3) is 0 Å². The molecule has 1 saturated heterocycles. The van der Waals surface area contributed by atoms with Crippen LogP contribution in [-0.4, -0.2) is 37.7 Å². The molecule has 5 heteroatoms. The van der Waals surface area contributed by atoms with Gasteiger partial charge in [0, 0.05) is 37.4 Å². The summed E-state index contributed by atoms with van der Waals surface area (Å²) in [5, 5.41) is 7.13. The van der Waals surface area contributed by atoms with Crippen LogP contribution in [0, 0.1) is 5.92 Å². The van der Waals surface area contributed by atoms with Crippen molar-refractivity contribution in [1.29, 1.82) is 0 Å². The Bertz CT molecular complexity index is 531. The molecular weight excluding hydrogens is 262 g/mol. The summed E-state index contributed by atoms with van der Waals surface area (Å²) in [5.74, 6) is 1.94. The van der Waals surface area contributed by atoms with E-state index in [1.165, 1.54) is 30.9 Å². The molecule has 0 amide bonds. The molecule has 114 valence electrons. The van der Waals surface area contributed by atoms with Gasteiger partial charge in [0.05, 0.1) is 6.54 Å². The van der Waals surface area contributed by atoms with Crippen molar-refractivity contribution in [3.05, 3.63) is 36.2 Å². The van der Waals surface area contributed by atoms with Gasteiger partial charge in [-0.05, 0) is 44.2 Å². The van der Waals surface area contributed by atoms with Crippen LogP contribution in [0.15, 0.2) is 24.7 Å². The first-order chi connectivity index (χ1) is 10.3. The van der Waals surface area contributed by atoms with Crippen LogP contribution in [0.2, 0.25) is 0 Å². The fourth-order valence-electron chi connectivity index (χ4n) is 3.31. The SMILES string of the molecule is CCCn1ccnc1CN1CCC[C@H](Cc2ccn[nH]2)C1.